The summed E-state index contributed by atoms with van der Waals surface area (Å²) in [5.41, 5.74) is 3.32. The van der Waals surface area contributed by atoms with E-state index in [0.717, 1.165) is 74.3 Å². The molecule has 0 unspecified atom stereocenters. The second-order valence-electron chi connectivity index (χ2n) is 10.5. The van der Waals surface area contributed by atoms with E-state index in [1.54, 1.807) is 0 Å². The Morgan fingerprint density at radius 3 is 1.75 bits per heavy atom. The molecule has 2 aromatic carbocycles. The van der Waals surface area contributed by atoms with E-state index in [9.17, 15) is 9.59 Å². The van der Waals surface area contributed by atoms with Gasteiger partial charge in [-0.15, -0.1) is 0 Å². The van der Waals surface area contributed by atoms with E-state index in [0.29, 0.717) is 19.4 Å². The van der Waals surface area contributed by atoms with Crippen LogP contribution in [0.5, 0.6) is 5.75 Å². The first kappa shape index (κ1) is 31.6. The fourth-order valence-corrected chi connectivity index (χ4v) is 5.26. The highest BCUT2D eigenvalue weighted by Gasteiger charge is 2.33. The van der Waals surface area contributed by atoms with Crippen molar-refractivity contribution >= 4 is 11.8 Å². The van der Waals surface area contributed by atoms with Crippen LogP contribution in [0.3, 0.4) is 0 Å². The minimum Gasteiger partial charge on any atom is -0.489 e. The van der Waals surface area contributed by atoms with Crippen molar-refractivity contribution in [1.82, 2.24) is 9.80 Å². The lowest BCUT2D eigenvalue weighted by Gasteiger charge is -2.34. The Bertz CT molecular complexity index is 1030. The smallest absolute Gasteiger partial charge is 0.248 e. The summed E-state index contributed by atoms with van der Waals surface area (Å²) in [7, 11) is 0. The van der Waals surface area contributed by atoms with Gasteiger partial charge >= 0.3 is 0 Å². The minimum atomic E-state index is -0.360. The molecule has 0 spiro atoms. The van der Waals surface area contributed by atoms with Gasteiger partial charge in [0.2, 0.25) is 11.8 Å². The summed E-state index contributed by atoms with van der Waals surface area (Å²) >= 11 is 0. The Labute approximate surface area is 240 Å². The molecule has 0 aliphatic heterocycles. The Hall–Kier alpha value is -2.90. The molecular formula is C33H48N2O5. The summed E-state index contributed by atoms with van der Waals surface area (Å²) < 4.78 is 18.8. The number of fused-ring (bicyclic) bond motifs is 1. The van der Waals surface area contributed by atoms with Gasteiger partial charge in [-0.2, -0.15) is 0 Å². The van der Waals surface area contributed by atoms with Gasteiger partial charge in [0.25, 0.3) is 0 Å². The minimum absolute atomic E-state index is 0.00124. The summed E-state index contributed by atoms with van der Waals surface area (Å²) in [6, 6.07) is 16.2. The van der Waals surface area contributed by atoms with Crippen molar-refractivity contribution in [1.29, 1.82) is 0 Å². The molecule has 0 aromatic heterocycles. The third-order valence-corrected chi connectivity index (χ3v) is 7.23. The fraction of sp³-hybridized carbons (Fsp3) is 0.576. The molecule has 2 amide bonds. The second-order valence-corrected chi connectivity index (χ2v) is 10.5. The molecule has 7 heteroatoms. The molecule has 3 rings (SSSR count). The van der Waals surface area contributed by atoms with Gasteiger partial charge in [-0.1, -0.05) is 70.2 Å². The van der Waals surface area contributed by atoms with Gasteiger partial charge in [-0.3, -0.25) is 9.59 Å². The maximum atomic E-state index is 13.0. The predicted molar refractivity (Wildman–Crippen MR) is 158 cm³/mol. The zero-order valence-corrected chi connectivity index (χ0v) is 24.9. The van der Waals surface area contributed by atoms with E-state index in [1.165, 1.54) is 0 Å². The number of rotatable bonds is 17. The van der Waals surface area contributed by atoms with Crippen LogP contribution in [-0.2, 0) is 38.5 Å². The normalized spacial score (nSPS) is 16.3. The summed E-state index contributed by atoms with van der Waals surface area (Å²) in [5, 5.41) is 0. The number of carbonyl (C=O) groups excluding carboxylic acids is 2. The Balaban J connectivity index is 1.76. The van der Waals surface area contributed by atoms with Crippen molar-refractivity contribution in [2.24, 2.45) is 0 Å². The van der Waals surface area contributed by atoms with Gasteiger partial charge < -0.3 is 24.0 Å². The molecule has 2 aromatic rings. The molecular weight excluding hydrogens is 504 g/mol. The number of carbonyl (C=O) groups is 2. The van der Waals surface area contributed by atoms with Crippen LogP contribution in [-0.4, -0.2) is 73.2 Å². The van der Waals surface area contributed by atoms with E-state index in [4.69, 9.17) is 14.2 Å². The van der Waals surface area contributed by atoms with Crippen molar-refractivity contribution in [2.45, 2.75) is 85.0 Å². The van der Waals surface area contributed by atoms with E-state index >= 15 is 0 Å². The standard InChI is InChI=1S/C33H48N2O5/c1-5-17-34(18-6-2)32(36)24-39-30-21-27-15-12-16-29(38-23-26-13-10-9-11-14-26)28(27)22-31(30)40-25-33(37)35(19-7-3)20-8-4/h9-16,30-31H,5-8,17-25H2,1-4H3/t30-,31+/m0/s1. The molecule has 0 fully saturated rings. The number of nitrogens with zero attached hydrogens (tertiary/aromatic N) is 2. The molecule has 0 saturated heterocycles. The maximum absolute atomic E-state index is 13.0. The van der Waals surface area contributed by atoms with Gasteiger partial charge in [-0.25, -0.2) is 0 Å². The molecule has 1 aliphatic carbocycles. The first-order valence-corrected chi connectivity index (χ1v) is 15.1. The molecule has 0 bridgehead atoms. The van der Waals surface area contributed by atoms with Gasteiger partial charge in [0.15, 0.2) is 0 Å². The first-order chi connectivity index (χ1) is 19.5. The number of amides is 2. The Kier molecular flexibility index (Phi) is 13.5. The van der Waals surface area contributed by atoms with Crippen molar-refractivity contribution < 1.29 is 23.8 Å². The monoisotopic (exact) mass is 552 g/mol. The lowest BCUT2D eigenvalue weighted by molar-refractivity contribution is -0.149. The van der Waals surface area contributed by atoms with Gasteiger partial charge in [0.1, 0.15) is 25.6 Å². The van der Waals surface area contributed by atoms with E-state index in [1.807, 2.05) is 52.3 Å². The zero-order chi connectivity index (χ0) is 28.7. The van der Waals surface area contributed by atoms with E-state index in [2.05, 4.69) is 33.8 Å². The summed E-state index contributed by atoms with van der Waals surface area (Å²) in [6.07, 6.45) is 4.10. The molecule has 40 heavy (non-hydrogen) atoms. The number of ether oxygens (including phenoxy) is 3. The maximum Gasteiger partial charge on any atom is 0.248 e. The largest absolute Gasteiger partial charge is 0.489 e. The molecule has 0 N–H and O–H groups in total. The van der Waals surface area contributed by atoms with Crippen LogP contribution in [0.4, 0.5) is 0 Å². The highest BCUT2D eigenvalue weighted by atomic mass is 16.5. The van der Waals surface area contributed by atoms with Crippen LogP contribution in [0.15, 0.2) is 48.5 Å². The first-order valence-electron chi connectivity index (χ1n) is 15.1. The van der Waals surface area contributed by atoms with Gasteiger partial charge in [0, 0.05) is 44.6 Å². The zero-order valence-electron chi connectivity index (χ0n) is 24.9. The molecule has 7 nitrogen and oxygen atoms in total. The van der Waals surface area contributed by atoms with Gasteiger partial charge in [0.05, 0.1) is 12.2 Å². The summed E-state index contributed by atoms with van der Waals surface area (Å²) in [5.74, 6) is 0.822. The van der Waals surface area contributed by atoms with Crippen molar-refractivity contribution in [3.05, 3.63) is 65.2 Å². The fourth-order valence-electron chi connectivity index (χ4n) is 5.26. The van der Waals surface area contributed by atoms with Crippen LogP contribution in [0.25, 0.3) is 0 Å². The average Bonchev–Trinajstić information content (AvgIpc) is 2.97. The third kappa shape index (κ3) is 9.34. The average molecular weight is 553 g/mol. The molecule has 220 valence electrons. The van der Waals surface area contributed by atoms with Crippen molar-refractivity contribution in [3.63, 3.8) is 0 Å². The highest BCUT2D eigenvalue weighted by Crippen LogP contribution is 2.33. The molecule has 0 heterocycles. The lowest BCUT2D eigenvalue weighted by Crippen LogP contribution is -2.44. The van der Waals surface area contributed by atoms with Crippen molar-refractivity contribution in [3.8, 4) is 5.75 Å². The van der Waals surface area contributed by atoms with Crippen LogP contribution in [0.2, 0.25) is 0 Å². The molecule has 0 radical (unpaired) electrons. The topological polar surface area (TPSA) is 68.3 Å². The third-order valence-electron chi connectivity index (χ3n) is 7.23. The quantitative estimate of drug-likeness (QED) is 0.262. The van der Waals surface area contributed by atoms with Gasteiger partial charge in [-0.05, 0) is 42.9 Å². The Morgan fingerprint density at radius 2 is 1.23 bits per heavy atom. The van der Waals surface area contributed by atoms with Crippen LogP contribution < -0.4 is 4.74 Å². The number of hydrogen-bond acceptors (Lipinski definition) is 5. The number of benzene rings is 2. The van der Waals surface area contributed by atoms with Crippen LogP contribution in [0, 0.1) is 0 Å². The summed E-state index contributed by atoms with van der Waals surface area (Å²) in [4.78, 5) is 29.7. The van der Waals surface area contributed by atoms with E-state index < -0.39 is 0 Å². The SMILES string of the molecule is CCCN(CCC)C(=O)CO[C@H]1Cc2cccc(OCc3ccccc3)c2C[C@H]1OCC(=O)N(CCC)CCC. The molecule has 2 atom stereocenters. The Morgan fingerprint density at radius 1 is 0.700 bits per heavy atom. The van der Waals surface area contributed by atoms with Crippen LogP contribution in [0.1, 0.15) is 70.1 Å². The highest BCUT2D eigenvalue weighted by molar-refractivity contribution is 5.78. The van der Waals surface area contributed by atoms with E-state index in [-0.39, 0.29) is 37.2 Å². The number of hydrogen-bond donors (Lipinski definition) is 0. The molecule has 1 aliphatic rings. The van der Waals surface area contributed by atoms with Crippen LogP contribution >= 0.6 is 0 Å². The summed E-state index contributed by atoms with van der Waals surface area (Å²) in [6.45, 7) is 11.7. The second kappa shape index (κ2) is 17.0. The van der Waals surface area contributed by atoms with Crippen molar-refractivity contribution in [2.75, 3.05) is 39.4 Å². The molecule has 0 saturated carbocycles. The predicted octanol–water partition coefficient (Wildman–Crippen LogP) is 5.43. The lowest BCUT2D eigenvalue weighted by atomic mass is 9.87.